The maximum Gasteiger partial charge on any atom is 0.177 e. The van der Waals surface area contributed by atoms with E-state index in [1.807, 2.05) is 6.92 Å². The summed E-state index contributed by atoms with van der Waals surface area (Å²) in [6.45, 7) is 2.56. The van der Waals surface area contributed by atoms with Crippen LogP contribution < -0.4 is 5.73 Å². The van der Waals surface area contributed by atoms with Gasteiger partial charge >= 0.3 is 0 Å². The van der Waals surface area contributed by atoms with E-state index >= 15 is 0 Å². The number of carbonyl (C=O) groups is 1. The Bertz CT molecular complexity index is 361. The van der Waals surface area contributed by atoms with E-state index in [0.717, 1.165) is 29.1 Å². The fraction of sp³-hybridized carbons (Fsp3) is 0.636. The molecule has 0 spiro atoms. The molecule has 0 aromatic carbocycles. The Balaban J connectivity index is 2.13. The summed E-state index contributed by atoms with van der Waals surface area (Å²) < 4.78 is 0. The molecule has 0 saturated heterocycles. The first-order valence-electron chi connectivity index (χ1n) is 5.39. The number of carbonyl (C=O) groups excluding carboxylic acids is 1. The average Bonchev–Trinajstić information content (AvgIpc) is 2.84. The van der Waals surface area contributed by atoms with Gasteiger partial charge in [-0.3, -0.25) is 4.79 Å². The van der Waals surface area contributed by atoms with Crippen molar-refractivity contribution >= 4 is 17.1 Å². The number of aromatic nitrogens is 1. The largest absolute Gasteiger partial charge is 0.330 e. The first-order chi connectivity index (χ1) is 7.22. The Labute approximate surface area is 93.7 Å². The Morgan fingerprint density at radius 3 is 3.07 bits per heavy atom. The topological polar surface area (TPSA) is 56.0 Å². The normalized spacial score (nSPS) is 25.7. The van der Waals surface area contributed by atoms with E-state index in [4.69, 9.17) is 5.73 Å². The fourth-order valence-corrected chi connectivity index (χ4v) is 3.10. The van der Waals surface area contributed by atoms with E-state index < -0.39 is 0 Å². The van der Waals surface area contributed by atoms with Gasteiger partial charge in [0.2, 0.25) is 0 Å². The highest BCUT2D eigenvalue weighted by Gasteiger charge is 2.33. The van der Waals surface area contributed by atoms with Crippen molar-refractivity contribution in [3.05, 3.63) is 16.1 Å². The molecule has 82 valence electrons. The molecule has 1 aliphatic carbocycles. The van der Waals surface area contributed by atoms with E-state index in [9.17, 15) is 4.79 Å². The lowest BCUT2D eigenvalue weighted by Crippen LogP contribution is -2.24. The van der Waals surface area contributed by atoms with Crippen LogP contribution in [-0.4, -0.2) is 17.3 Å². The molecular weight excluding hydrogens is 208 g/mol. The number of Topliss-reactive ketones (excluding diaryl/α,β-unsaturated/α-hetero) is 1. The van der Waals surface area contributed by atoms with E-state index in [1.54, 1.807) is 6.20 Å². The Hall–Kier alpha value is -0.740. The number of ketones is 1. The Kier molecular flexibility index (Phi) is 3.17. The number of thiazole rings is 1. The van der Waals surface area contributed by atoms with Crippen molar-refractivity contribution in [2.75, 3.05) is 6.54 Å². The molecule has 3 nitrogen and oxygen atoms in total. The molecule has 0 unspecified atom stereocenters. The van der Waals surface area contributed by atoms with Crippen molar-refractivity contribution in [2.45, 2.75) is 26.2 Å². The number of nitrogens with two attached hydrogens (primary N) is 1. The molecule has 0 aliphatic heterocycles. The van der Waals surface area contributed by atoms with Crippen LogP contribution in [0.3, 0.4) is 0 Å². The summed E-state index contributed by atoms with van der Waals surface area (Å²) in [6.07, 6.45) is 4.94. The summed E-state index contributed by atoms with van der Waals surface area (Å²) in [5, 5.41) is 0.959. The highest BCUT2D eigenvalue weighted by molar-refractivity contribution is 7.13. The molecule has 15 heavy (non-hydrogen) atoms. The third-order valence-electron chi connectivity index (χ3n) is 3.16. The van der Waals surface area contributed by atoms with Gasteiger partial charge in [0.1, 0.15) is 0 Å². The maximum absolute atomic E-state index is 12.1. The Morgan fingerprint density at radius 1 is 1.67 bits per heavy atom. The molecule has 1 aromatic rings. The van der Waals surface area contributed by atoms with E-state index in [1.165, 1.54) is 11.3 Å². The van der Waals surface area contributed by atoms with Crippen molar-refractivity contribution in [3.63, 3.8) is 0 Å². The molecule has 1 fully saturated rings. The summed E-state index contributed by atoms with van der Waals surface area (Å²) in [6, 6.07) is 0. The number of rotatable bonds is 3. The van der Waals surface area contributed by atoms with Crippen molar-refractivity contribution in [1.82, 2.24) is 4.98 Å². The minimum Gasteiger partial charge on any atom is -0.330 e. The molecule has 2 N–H and O–H groups in total. The third kappa shape index (κ3) is 2.11. The highest BCUT2D eigenvalue weighted by Crippen LogP contribution is 2.34. The smallest absolute Gasteiger partial charge is 0.177 e. The molecule has 1 aliphatic rings. The Morgan fingerprint density at radius 2 is 2.47 bits per heavy atom. The van der Waals surface area contributed by atoms with Crippen LogP contribution in [0.2, 0.25) is 0 Å². The molecule has 4 heteroatoms. The third-order valence-corrected chi connectivity index (χ3v) is 4.09. The van der Waals surface area contributed by atoms with Crippen molar-refractivity contribution in [2.24, 2.45) is 17.6 Å². The van der Waals surface area contributed by atoms with E-state index in [0.29, 0.717) is 12.5 Å². The van der Waals surface area contributed by atoms with Gasteiger partial charge in [0.15, 0.2) is 5.78 Å². The zero-order valence-corrected chi connectivity index (χ0v) is 9.72. The second-order valence-corrected chi connectivity index (χ2v) is 5.38. The molecule has 2 atom stereocenters. The standard InChI is InChI=1S/C11H16N2OS/c1-7-13-6-10(15-7)11(14)9-4-2-3-8(9)5-12/h6,8-9H,2-5,12H2,1H3/t8-,9-/m1/s1. The molecule has 1 heterocycles. The van der Waals surface area contributed by atoms with Crippen LogP contribution in [0.25, 0.3) is 0 Å². The molecule has 0 radical (unpaired) electrons. The van der Waals surface area contributed by atoms with Crippen molar-refractivity contribution in [1.29, 1.82) is 0 Å². The summed E-state index contributed by atoms with van der Waals surface area (Å²) in [5.74, 6) is 0.795. The molecular formula is C11H16N2OS. The first-order valence-corrected chi connectivity index (χ1v) is 6.20. The summed E-state index contributed by atoms with van der Waals surface area (Å²) >= 11 is 1.49. The summed E-state index contributed by atoms with van der Waals surface area (Å²) in [4.78, 5) is 17.1. The number of nitrogens with zero attached hydrogens (tertiary/aromatic N) is 1. The lowest BCUT2D eigenvalue weighted by Gasteiger charge is -2.14. The lowest BCUT2D eigenvalue weighted by molar-refractivity contribution is 0.0897. The summed E-state index contributed by atoms with van der Waals surface area (Å²) in [7, 11) is 0. The fourth-order valence-electron chi connectivity index (χ4n) is 2.32. The van der Waals surface area contributed by atoms with Crippen LogP contribution in [0, 0.1) is 18.8 Å². The molecule has 0 bridgehead atoms. The number of hydrogen-bond donors (Lipinski definition) is 1. The molecule has 2 rings (SSSR count). The predicted octanol–water partition coefficient (Wildman–Crippen LogP) is 2.01. The second-order valence-electron chi connectivity index (χ2n) is 4.14. The quantitative estimate of drug-likeness (QED) is 0.799. The van der Waals surface area contributed by atoms with Gasteiger partial charge in [0.25, 0.3) is 0 Å². The minimum atomic E-state index is 0.148. The second kappa shape index (κ2) is 4.41. The van der Waals surface area contributed by atoms with Crippen LogP contribution in [-0.2, 0) is 0 Å². The molecule has 0 amide bonds. The molecule has 1 aromatic heterocycles. The minimum absolute atomic E-state index is 0.148. The van der Waals surface area contributed by atoms with Gasteiger partial charge in [-0.25, -0.2) is 4.98 Å². The SMILES string of the molecule is Cc1ncc(C(=O)[C@@H]2CCC[C@@H]2CN)s1. The number of aryl methyl sites for hydroxylation is 1. The van der Waals surface area contributed by atoms with Gasteiger partial charge in [-0.15, -0.1) is 11.3 Å². The van der Waals surface area contributed by atoms with E-state index in [2.05, 4.69) is 4.98 Å². The monoisotopic (exact) mass is 224 g/mol. The van der Waals surface area contributed by atoms with Crippen LogP contribution in [0.15, 0.2) is 6.20 Å². The van der Waals surface area contributed by atoms with Gasteiger partial charge < -0.3 is 5.73 Å². The first kappa shape index (κ1) is 10.8. The average molecular weight is 224 g/mol. The van der Waals surface area contributed by atoms with Crippen LogP contribution in [0.4, 0.5) is 0 Å². The summed E-state index contributed by atoms with van der Waals surface area (Å²) in [5.41, 5.74) is 5.68. The maximum atomic E-state index is 12.1. The predicted molar refractivity (Wildman–Crippen MR) is 61.1 cm³/mol. The van der Waals surface area contributed by atoms with Gasteiger partial charge in [0.05, 0.1) is 9.88 Å². The van der Waals surface area contributed by atoms with Crippen molar-refractivity contribution < 1.29 is 4.79 Å². The van der Waals surface area contributed by atoms with Gasteiger partial charge in [-0.05, 0) is 32.2 Å². The van der Waals surface area contributed by atoms with Gasteiger partial charge in [0, 0.05) is 12.1 Å². The molecule has 1 saturated carbocycles. The van der Waals surface area contributed by atoms with Crippen LogP contribution in [0.1, 0.15) is 33.9 Å². The van der Waals surface area contributed by atoms with Crippen LogP contribution >= 0.6 is 11.3 Å². The highest BCUT2D eigenvalue weighted by atomic mass is 32.1. The van der Waals surface area contributed by atoms with Crippen LogP contribution in [0.5, 0.6) is 0 Å². The van der Waals surface area contributed by atoms with Gasteiger partial charge in [-0.1, -0.05) is 6.42 Å². The van der Waals surface area contributed by atoms with Gasteiger partial charge in [-0.2, -0.15) is 0 Å². The van der Waals surface area contributed by atoms with E-state index in [-0.39, 0.29) is 11.7 Å². The lowest BCUT2D eigenvalue weighted by atomic mass is 9.91. The zero-order chi connectivity index (χ0) is 10.8. The van der Waals surface area contributed by atoms with Crippen molar-refractivity contribution in [3.8, 4) is 0 Å². The zero-order valence-electron chi connectivity index (χ0n) is 8.90. The number of hydrogen-bond acceptors (Lipinski definition) is 4.